The molecular formula is C11H10F3NO2. The summed E-state index contributed by atoms with van der Waals surface area (Å²) in [6, 6.07) is 8.02. The van der Waals surface area contributed by atoms with Crippen molar-refractivity contribution < 1.29 is 22.8 Å². The molecule has 0 bridgehead atoms. The minimum atomic E-state index is -4.56. The van der Waals surface area contributed by atoms with Crippen molar-refractivity contribution in [3.63, 3.8) is 0 Å². The Kier molecular flexibility index (Phi) is 4.25. The van der Waals surface area contributed by atoms with Crippen LogP contribution in [0, 0.1) is 0 Å². The minimum absolute atomic E-state index is 0.347. The van der Waals surface area contributed by atoms with E-state index in [1.54, 1.807) is 18.2 Å². The van der Waals surface area contributed by atoms with Crippen LogP contribution in [0.1, 0.15) is 16.8 Å². The maximum absolute atomic E-state index is 11.8. The number of Topliss-reactive ketones (excluding diaryl/α,β-unsaturated/α-hetero) is 1. The molecular weight excluding hydrogens is 235 g/mol. The Morgan fingerprint density at radius 3 is 2.24 bits per heavy atom. The van der Waals surface area contributed by atoms with Gasteiger partial charge in [-0.25, -0.2) is 0 Å². The van der Waals surface area contributed by atoms with Gasteiger partial charge in [-0.1, -0.05) is 30.3 Å². The molecule has 1 amide bonds. The van der Waals surface area contributed by atoms with Gasteiger partial charge in [0.05, 0.1) is 6.54 Å². The van der Waals surface area contributed by atoms with E-state index in [2.05, 4.69) is 0 Å². The number of amides is 1. The van der Waals surface area contributed by atoms with E-state index in [0.29, 0.717) is 5.56 Å². The third-order valence-electron chi connectivity index (χ3n) is 1.90. The first-order chi connectivity index (χ1) is 7.88. The molecule has 3 nitrogen and oxygen atoms in total. The first-order valence-electron chi connectivity index (χ1n) is 4.80. The highest BCUT2D eigenvalue weighted by molar-refractivity contribution is 5.99. The molecule has 1 rings (SSSR count). The second-order valence-corrected chi connectivity index (χ2v) is 3.36. The Hall–Kier alpha value is -1.85. The molecule has 17 heavy (non-hydrogen) atoms. The van der Waals surface area contributed by atoms with E-state index >= 15 is 0 Å². The van der Waals surface area contributed by atoms with Crippen LogP contribution in [-0.2, 0) is 4.79 Å². The minimum Gasteiger partial charge on any atom is -0.348 e. The normalized spacial score (nSPS) is 11.0. The zero-order valence-electron chi connectivity index (χ0n) is 8.75. The van der Waals surface area contributed by atoms with Crippen LogP contribution in [0.3, 0.4) is 0 Å². The van der Waals surface area contributed by atoms with Crippen molar-refractivity contribution >= 4 is 11.7 Å². The lowest BCUT2D eigenvalue weighted by Gasteiger charge is -2.07. The quantitative estimate of drug-likeness (QED) is 0.824. The number of halogens is 3. The van der Waals surface area contributed by atoms with E-state index in [9.17, 15) is 22.8 Å². The zero-order chi connectivity index (χ0) is 12.9. The predicted octanol–water partition coefficient (Wildman–Crippen LogP) is 1.94. The van der Waals surface area contributed by atoms with Gasteiger partial charge in [-0.3, -0.25) is 9.59 Å². The van der Waals surface area contributed by atoms with E-state index in [1.807, 2.05) is 5.32 Å². The number of carbonyl (C=O) groups excluding carboxylic acids is 2. The van der Waals surface area contributed by atoms with Crippen LogP contribution in [0.15, 0.2) is 30.3 Å². The Labute approximate surface area is 95.6 Å². The smallest absolute Gasteiger partial charge is 0.348 e. The second-order valence-electron chi connectivity index (χ2n) is 3.36. The van der Waals surface area contributed by atoms with E-state index in [1.165, 1.54) is 12.1 Å². The summed E-state index contributed by atoms with van der Waals surface area (Å²) in [5.74, 6) is -1.64. The number of benzene rings is 1. The summed E-state index contributed by atoms with van der Waals surface area (Å²) in [6.07, 6.45) is -6.13. The molecule has 1 N–H and O–H groups in total. The largest absolute Gasteiger partial charge is 0.397 e. The van der Waals surface area contributed by atoms with Crippen molar-refractivity contribution in [3.8, 4) is 0 Å². The van der Waals surface area contributed by atoms with Crippen LogP contribution in [-0.4, -0.2) is 24.4 Å². The molecule has 0 spiro atoms. The summed E-state index contributed by atoms with van der Waals surface area (Å²) in [6.45, 7) is -0.432. The lowest BCUT2D eigenvalue weighted by atomic mass is 10.1. The second kappa shape index (κ2) is 5.47. The molecule has 1 aromatic carbocycles. The van der Waals surface area contributed by atoms with E-state index in [4.69, 9.17) is 0 Å². The lowest BCUT2D eigenvalue weighted by Crippen LogP contribution is -2.32. The first-order valence-corrected chi connectivity index (χ1v) is 4.80. The monoisotopic (exact) mass is 245 g/mol. The van der Waals surface area contributed by atoms with Crippen LogP contribution in [0.2, 0.25) is 0 Å². The first kappa shape index (κ1) is 13.2. The van der Waals surface area contributed by atoms with Crippen LogP contribution in [0.25, 0.3) is 0 Å². The van der Waals surface area contributed by atoms with Crippen LogP contribution in [0.5, 0.6) is 0 Å². The van der Waals surface area contributed by atoms with Crippen molar-refractivity contribution in [1.29, 1.82) is 0 Å². The molecule has 0 aliphatic rings. The van der Waals surface area contributed by atoms with Gasteiger partial charge in [0.15, 0.2) is 5.78 Å². The van der Waals surface area contributed by atoms with E-state index in [-0.39, 0.29) is 0 Å². The van der Waals surface area contributed by atoms with Crippen molar-refractivity contribution in [2.75, 3.05) is 6.54 Å². The molecule has 0 saturated heterocycles. The highest BCUT2D eigenvalue weighted by Gasteiger charge is 2.31. The molecule has 0 heterocycles. The SMILES string of the molecule is O=C(CC(F)(F)F)NCC(=O)c1ccccc1. The highest BCUT2D eigenvalue weighted by Crippen LogP contribution is 2.18. The Morgan fingerprint density at radius 2 is 1.71 bits per heavy atom. The molecule has 0 atom stereocenters. The summed E-state index contributed by atoms with van der Waals surface area (Å²) < 4.78 is 35.4. The van der Waals surface area contributed by atoms with Crippen molar-refractivity contribution in [2.24, 2.45) is 0 Å². The lowest BCUT2D eigenvalue weighted by molar-refractivity contribution is -0.153. The van der Waals surface area contributed by atoms with Crippen molar-refractivity contribution in [1.82, 2.24) is 5.32 Å². The fourth-order valence-corrected chi connectivity index (χ4v) is 1.15. The van der Waals surface area contributed by atoms with Gasteiger partial charge in [0.1, 0.15) is 6.42 Å². The van der Waals surface area contributed by atoms with Crippen molar-refractivity contribution in [3.05, 3.63) is 35.9 Å². The van der Waals surface area contributed by atoms with Crippen LogP contribution >= 0.6 is 0 Å². The number of carbonyl (C=O) groups is 2. The van der Waals surface area contributed by atoms with Gasteiger partial charge in [0.25, 0.3) is 0 Å². The predicted molar refractivity (Wildman–Crippen MR) is 54.5 cm³/mol. The molecule has 0 radical (unpaired) electrons. The van der Waals surface area contributed by atoms with Gasteiger partial charge < -0.3 is 5.32 Å². The Morgan fingerprint density at radius 1 is 1.12 bits per heavy atom. The summed E-state index contributed by atoms with van der Waals surface area (Å²) in [4.78, 5) is 22.2. The van der Waals surface area contributed by atoms with E-state index < -0.39 is 30.8 Å². The fraction of sp³-hybridized carbons (Fsp3) is 0.273. The number of rotatable bonds is 4. The van der Waals surface area contributed by atoms with Gasteiger partial charge in [-0.2, -0.15) is 13.2 Å². The standard InChI is InChI=1S/C11H10F3NO2/c12-11(13,14)6-10(17)15-7-9(16)8-4-2-1-3-5-8/h1-5H,6-7H2,(H,15,17). The number of hydrogen-bond donors (Lipinski definition) is 1. The third kappa shape index (κ3) is 5.14. The number of nitrogens with one attached hydrogen (secondary N) is 1. The highest BCUT2D eigenvalue weighted by atomic mass is 19.4. The van der Waals surface area contributed by atoms with Gasteiger partial charge in [-0.05, 0) is 0 Å². The average Bonchev–Trinajstić information content (AvgIpc) is 2.25. The molecule has 1 aromatic rings. The maximum atomic E-state index is 11.8. The molecule has 6 heteroatoms. The van der Waals surface area contributed by atoms with Gasteiger partial charge in [0, 0.05) is 5.56 Å². The maximum Gasteiger partial charge on any atom is 0.397 e. The van der Waals surface area contributed by atoms with Gasteiger partial charge >= 0.3 is 6.18 Å². The van der Waals surface area contributed by atoms with E-state index in [0.717, 1.165) is 0 Å². The van der Waals surface area contributed by atoms with Gasteiger partial charge in [-0.15, -0.1) is 0 Å². The number of alkyl halides is 3. The summed E-state index contributed by atoms with van der Waals surface area (Å²) in [5, 5.41) is 1.93. The number of hydrogen-bond acceptors (Lipinski definition) is 2. The molecule has 0 unspecified atom stereocenters. The zero-order valence-corrected chi connectivity index (χ0v) is 8.75. The summed E-state index contributed by atoms with van der Waals surface area (Å²) in [5.41, 5.74) is 0.347. The number of ketones is 1. The van der Waals surface area contributed by atoms with Crippen molar-refractivity contribution in [2.45, 2.75) is 12.6 Å². The Bertz CT molecular complexity index is 401. The Balaban J connectivity index is 2.42. The summed E-state index contributed by atoms with van der Waals surface area (Å²) >= 11 is 0. The molecule has 92 valence electrons. The fourth-order valence-electron chi connectivity index (χ4n) is 1.15. The topological polar surface area (TPSA) is 46.2 Å². The molecule has 0 aliphatic heterocycles. The van der Waals surface area contributed by atoms with Crippen LogP contribution in [0.4, 0.5) is 13.2 Å². The molecule has 0 aromatic heterocycles. The third-order valence-corrected chi connectivity index (χ3v) is 1.90. The molecule has 0 aliphatic carbocycles. The van der Waals surface area contributed by atoms with Gasteiger partial charge in [0.2, 0.25) is 5.91 Å². The molecule has 0 fully saturated rings. The summed E-state index contributed by atoms with van der Waals surface area (Å²) in [7, 11) is 0. The average molecular weight is 245 g/mol. The van der Waals surface area contributed by atoms with Crippen LogP contribution < -0.4 is 5.32 Å². The molecule has 0 saturated carbocycles.